The minimum absolute atomic E-state index is 0.0426. The maximum atomic E-state index is 12.9. The second kappa shape index (κ2) is 6.99. The Labute approximate surface area is 154 Å². The molecule has 0 saturated carbocycles. The summed E-state index contributed by atoms with van der Waals surface area (Å²) in [6.45, 7) is 7.65. The average Bonchev–Trinajstić information content (AvgIpc) is 2.53. The highest BCUT2D eigenvalue weighted by Crippen LogP contribution is 2.31. The number of hydrogen-bond acceptors (Lipinski definition) is 5. The first-order chi connectivity index (χ1) is 12.0. The summed E-state index contributed by atoms with van der Waals surface area (Å²) in [6, 6.07) is 9.40. The zero-order valence-electron chi connectivity index (χ0n) is 15.5. The van der Waals surface area contributed by atoms with Gasteiger partial charge in [0.2, 0.25) is 0 Å². The minimum atomic E-state index is -4.17. The van der Waals surface area contributed by atoms with E-state index >= 15 is 0 Å². The largest absolute Gasteiger partial charge is 0.497 e. The summed E-state index contributed by atoms with van der Waals surface area (Å²) in [4.78, 5) is 11.6. The fourth-order valence-corrected chi connectivity index (χ4v) is 3.60. The molecule has 0 radical (unpaired) electrons. The zero-order chi connectivity index (χ0) is 19.7. The number of hydrogen-bond donors (Lipinski definition) is 1. The first-order valence-electron chi connectivity index (χ1n) is 7.99. The van der Waals surface area contributed by atoms with Gasteiger partial charge in [-0.15, -0.1) is 0 Å². The average molecular weight is 377 g/mol. The number of carbonyl (C=O) groups excluding carboxylic acids is 1. The van der Waals surface area contributed by atoms with Crippen LogP contribution in [0.15, 0.2) is 41.3 Å². The monoisotopic (exact) mass is 377 g/mol. The predicted molar refractivity (Wildman–Crippen MR) is 99.2 cm³/mol. The summed E-state index contributed by atoms with van der Waals surface area (Å²) < 4.78 is 36.1. The van der Waals surface area contributed by atoms with E-state index in [1.165, 1.54) is 25.3 Å². The molecule has 0 heterocycles. The van der Waals surface area contributed by atoms with Gasteiger partial charge in [-0.3, -0.25) is 4.79 Å². The van der Waals surface area contributed by atoms with Gasteiger partial charge in [0.25, 0.3) is 5.91 Å². The summed E-state index contributed by atoms with van der Waals surface area (Å²) in [7, 11) is -2.75. The van der Waals surface area contributed by atoms with Crippen molar-refractivity contribution in [1.29, 1.82) is 0 Å². The Morgan fingerprint density at radius 3 is 2.27 bits per heavy atom. The van der Waals surface area contributed by atoms with Crippen LogP contribution >= 0.6 is 0 Å². The molecule has 0 saturated heterocycles. The lowest BCUT2D eigenvalue weighted by molar-refractivity contribution is 0.0999. The van der Waals surface area contributed by atoms with E-state index < -0.39 is 16.0 Å². The molecule has 2 N–H and O–H groups in total. The van der Waals surface area contributed by atoms with Gasteiger partial charge in [0, 0.05) is 6.07 Å². The number of benzene rings is 2. The predicted octanol–water partition coefficient (Wildman–Crippen LogP) is 3.17. The van der Waals surface area contributed by atoms with Crippen LogP contribution in [0, 0.1) is 6.92 Å². The lowest BCUT2D eigenvalue weighted by Crippen LogP contribution is -2.18. The Hall–Kier alpha value is -2.54. The molecule has 7 heteroatoms. The van der Waals surface area contributed by atoms with Crippen LogP contribution in [0.25, 0.3) is 0 Å². The van der Waals surface area contributed by atoms with Gasteiger partial charge in [0.05, 0.1) is 12.7 Å². The molecule has 0 unspecified atom stereocenters. The fraction of sp³-hybridized carbons (Fsp3) is 0.316. The number of rotatable bonds is 5. The third-order valence-corrected chi connectivity index (χ3v) is 5.35. The van der Waals surface area contributed by atoms with Crippen LogP contribution in [0.3, 0.4) is 0 Å². The fourth-order valence-electron chi connectivity index (χ4n) is 2.40. The van der Waals surface area contributed by atoms with E-state index in [4.69, 9.17) is 14.7 Å². The smallest absolute Gasteiger partial charge is 0.339 e. The summed E-state index contributed by atoms with van der Waals surface area (Å²) in [5, 5.41) is 0. The molecule has 0 fully saturated rings. The van der Waals surface area contributed by atoms with Crippen molar-refractivity contribution in [1.82, 2.24) is 0 Å². The van der Waals surface area contributed by atoms with Crippen LogP contribution in [0.1, 0.15) is 42.3 Å². The Morgan fingerprint density at radius 2 is 1.73 bits per heavy atom. The standard InChI is InChI=1S/C19H23NO5S/c1-12-6-7-13(19(2,3)4)10-17(12)26(22,23)25-16-11-14(24-5)8-9-15(16)18(20)21/h6-11H,1-5H3,(H2,20,21). The van der Waals surface area contributed by atoms with E-state index in [1.54, 1.807) is 19.1 Å². The van der Waals surface area contributed by atoms with Crippen LogP contribution in [-0.4, -0.2) is 21.4 Å². The molecule has 0 bridgehead atoms. The lowest BCUT2D eigenvalue weighted by Gasteiger charge is -2.21. The van der Waals surface area contributed by atoms with Gasteiger partial charge < -0.3 is 14.7 Å². The molecule has 6 nitrogen and oxygen atoms in total. The summed E-state index contributed by atoms with van der Waals surface area (Å²) in [5.41, 5.74) is 6.44. The van der Waals surface area contributed by atoms with Crippen molar-refractivity contribution in [2.75, 3.05) is 7.11 Å². The molecule has 1 amide bonds. The van der Waals surface area contributed by atoms with Crippen LogP contribution < -0.4 is 14.7 Å². The van der Waals surface area contributed by atoms with Crippen molar-refractivity contribution in [3.8, 4) is 11.5 Å². The molecule has 0 aliphatic heterocycles. The van der Waals surface area contributed by atoms with Gasteiger partial charge in [-0.2, -0.15) is 8.42 Å². The lowest BCUT2D eigenvalue weighted by atomic mass is 9.87. The van der Waals surface area contributed by atoms with E-state index in [0.717, 1.165) is 5.56 Å². The first-order valence-corrected chi connectivity index (χ1v) is 9.40. The third kappa shape index (κ3) is 4.16. The maximum Gasteiger partial charge on any atom is 0.339 e. The van der Waals surface area contributed by atoms with Crippen molar-refractivity contribution in [2.45, 2.75) is 38.0 Å². The van der Waals surface area contributed by atoms with Gasteiger partial charge in [-0.1, -0.05) is 32.9 Å². The van der Waals surface area contributed by atoms with Gasteiger partial charge >= 0.3 is 10.1 Å². The zero-order valence-corrected chi connectivity index (χ0v) is 16.3. The third-order valence-electron chi connectivity index (χ3n) is 3.98. The Morgan fingerprint density at radius 1 is 1.08 bits per heavy atom. The van der Waals surface area contributed by atoms with Gasteiger partial charge in [-0.25, -0.2) is 0 Å². The topological polar surface area (TPSA) is 95.7 Å². The molecule has 2 rings (SSSR count). The second-order valence-electron chi connectivity index (χ2n) is 6.99. The van der Waals surface area contributed by atoms with Crippen molar-refractivity contribution in [3.63, 3.8) is 0 Å². The highest BCUT2D eigenvalue weighted by atomic mass is 32.2. The van der Waals surface area contributed by atoms with E-state index in [9.17, 15) is 13.2 Å². The van der Waals surface area contributed by atoms with Crippen LogP contribution in [-0.2, 0) is 15.5 Å². The van der Waals surface area contributed by atoms with Crippen molar-refractivity contribution in [2.24, 2.45) is 5.73 Å². The first kappa shape index (κ1) is 19.8. The van der Waals surface area contributed by atoms with Crippen molar-refractivity contribution < 1.29 is 22.1 Å². The number of ether oxygens (including phenoxy) is 1. The maximum absolute atomic E-state index is 12.9. The van der Waals surface area contributed by atoms with Gasteiger partial charge in [0.1, 0.15) is 10.6 Å². The van der Waals surface area contributed by atoms with Gasteiger partial charge in [-0.05, 0) is 41.7 Å². The summed E-state index contributed by atoms with van der Waals surface area (Å²) in [5.74, 6) is -0.615. The summed E-state index contributed by atoms with van der Waals surface area (Å²) >= 11 is 0. The number of primary amides is 1. The van der Waals surface area contributed by atoms with Crippen molar-refractivity contribution >= 4 is 16.0 Å². The molecule has 0 aromatic heterocycles. The molecule has 0 aliphatic carbocycles. The molecule has 0 atom stereocenters. The number of amides is 1. The Bertz CT molecular complexity index is 943. The van der Waals surface area contributed by atoms with Crippen LogP contribution in [0.4, 0.5) is 0 Å². The Balaban J connectivity index is 2.55. The number of aryl methyl sites for hydroxylation is 1. The molecule has 140 valence electrons. The molecule has 26 heavy (non-hydrogen) atoms. The molecular weight excluding hydrogens is 354 g/mol. The summed E-state index contributed by atoms with van der Waals surface area (Å²) in [6.07, 6.45) is 0. The van der Waals surface area contributed by atoms with E-state index in [2.05, 4.69) is 0 Å². The molecule has 0 aliphatic rings. The highest BCUT2D eigenvalue weighted by molar-refractivity contribution is 7.87. The van der Waals surface area contributed by atoms with E-state index in [-0.39, 0.29) is 21.6 Å². The van der Waals surface area contributed by atoms with Crippen molar-refractivity contribution in [3.05, 3.63) is 53.1 Å². The number of methoxy groups -OCH3 is 1. The second-order valence-corrected chi connectivity index (χ2v) is 8.51. The quantitative estimate of drug-likeness (QED) is 0.808. The normalized spacial score (nSPS) is 11.9. The van der Waals surface area contributed by atoms with Gasteiger partial charge in [0.15, 0.2) is 5.75 Å². The van der Waals surface area contributed by atoms with Crippen LogP contribution in [0.2, 0.25) is 0 Å². The number of nitrogens with two attached hydrogens (primary N) is 1. The SMILES string of the molecule is COc1ccc(C(N)=O)c(OS(=O)(=O)c2cc(C(C)(C)C)ccc2C)c1. The van der Waals surface area contributed by atoms with E-state index in [0.29, 0.717) is 11.3 Å². The Kier molecular flexibility index (Phi) is 5.32. The molecular formula is C19H23NO5S. The molecule has 2 aromatic rings. The van der Waals surface area contributed by atoms with E-state index in [1.807, 2.05) is 26.8 Å². The minimum Gasteiger partial charge on any atom is -0.497 e. The molecule has 2 aromatic carbocycles. The van der Waals surface area contributed by atoms with Crippen LogP contribution in [0.5, 0.6) is 11.5 Å². The molecule has 0 spiro atoms. The number of carbonyl (C=O) groups is 1. The highest BCUT2D eigenvalue weighted by Gasteiger charge is 2.25.